The Labute approximate surface area is 214 Å². The van der Waals surface area contributed by atoms with Crippen molar-refractivity contribution >= 4 is 28.5 Å². The highest BCUT2D eigenvalue weighted by atomic mass is 35.5. The van der Waals surface area contributed by atoms with Gasteiger partial charge in [0.15, 0.2) is 11.6 Å². The van der Waals surface area contributed by atoms with Crippen molar-refractivity contribution in [2.45, 2.75) is 51.6 Å². The highest BCUT2D eigenvalue weighted by Gasteiger charge is 2.28. The first-order chi connectivity index (χ1) is 17.2. The van der Waals surface area contributed by atoms with Crippen molar-refractivity contribution in [2.75, 3.05) is 18.4 Å². The lowest BCUT2D eigenvalue weighted by Gasteiger charge is -2.40. The Kier molecular flexibility index (Phi) is 6.70. The van der Waals surface area contributed by atoms with E-state index in [-0.39, 0.29) is 5.54 Å². The zero-order chi connectivity index (χ0) is 25.4. The Morgan fingerprint density at radius 2 is 1.83 bits per heavy atom. The van der Waals surface area contributed by atoms with Crippen molar-refractivity contribution in [3.8, 4) is 11.3 Å². The summed E-state index contributed by atoms with van der Waals surface area (Å²) in [5, 5.41) is 4.69. The fourth-order valence-corrected chi connectivity index (χ4v) is 5.11. The molecule has 8 heteroatoms. The SMILES string of the molecule is CC(C)(C)N1CCC(c2cc3c(-c4nc(NCc5ccc(F)c(F)c5)ccc4Cl)ccnc3[nH]2)CC1. The minimum atomic E-state index is -0.870. The maximum Gasteiger partial charge on any atom is 0.159 e. The fraction of sp³-hybridized carbons (Fsp3) is 0.357. The number of aromatic amines is 1. The van der Waals surface area contributed by atoms with Gasteiger partial charge in [0.1, 0.15) is 11.5 Å². The second-order valence-corrected chi connectivity index (χ2v) is 10.8. The van der Waals surface area contributed by atoms with Crippen LogP contribution < -0.4 is 5.32 Å². The second-order valence-electron chi connectivity index (χ2n) is 10.4. The van der Waals surface area contributed by atoms with E-state index >= 15 is 0 Å². The predicted molar refractivity (Wildman–Crippen MR) is 141 cm³/mol. The lowest BCUT2D eigenvalue weighted by molar-refractivity contribution is 0.102. The zero-order valence-electron chi connectivity index (χ0n) is 20.7. The molecule has 1 aliphatic rings. The van der Waals surface area contributed by atoms with E-state index in [2.05, 4.69) is 47.0 Å². The summed E-state index contributed by atoms with van der Waals surface area (Å²) in [5.74, 6) is -0.684. The van der Waals surface area contributed by atoms with Gasteiger partial charge in [-0.2, -0.15) is 0 Å². The minimum Gasteiger partial charge on any atom is -0.366 e. The number of fused-ring (bicyclic) bond motifs is 1. The van der Waals surface area contributed by atoms with Crippen molar-refractivity contribution in [3.63, 3.8) is 0 Å². The molecule has 3 aromatic heterocycles. The largest absolute Gasteiger partial charge is 0.366 e. The molecule has 0 bridgehead atoms. The molecule has 0 unspecified atom stereocenters. The number of H-pyrrole nitrogens is 1. The van der Waals surface area contributed by atoms with Crippen LogP contribution in [0.4, 0.5) is 14.6 Å². The molecule has 1 aromatic carbocycles. The number of hydrogen-bond acceptors (Lipinski definition) is 4. The molecule has 0 atom stereocenters. The van der Waals surface area contributed by atoms with Gasteiger partial charge < -0.3 is 10.3 Å². The van der Waals surface area contributed by atoms with Crippen LogP contribution in [-0.4, -0.2) is 38.5 Å². The van der Waals surface area contributed by atoms with Gasteiger partial charge in [-0.3, -0.25) is 4.90 Å². The summed E-state index contributed by atoms with van der Waals surface area (Å²) >= 11 is 6.58. The number of anilines is 1. The van der Waals surface area contributed by atoms with Gasteiger partial charge in [-0.25, -0.2) is 18.7 Å². The monoisotopic (exact) mass is 509 g/mol. The van der Waals surface area contributed by atoms with Crippen LogP contribution in [0.15, 0.2) is 48.7 Å². The third kappa shape index (κ3) is 5.08. The number of aromatic nitrogens is 3. The number of rotatable bonds is 5. The normalized spacial score (nSPS) is 15.5. The Morgan fingerprint density at radius 3 is 2.56 bits per heavy atom. The number of benzene rings is 1. The van der Waals surface area contributed by atoms with Gasteiger partial charge in [0.05, 0.1) is 10.7 Å². The lowest BCUT2D eigenvalue weighted by Crippen LogP contribution is -2.45. The summed E-state index contributed by atoms with van der Waals surface area (Å²) in [7, 11) is 0. The van der Waals surface area contributed by atoms with Crippen molar-refractivity contribution < 1.29 is 8.78 Å². The summed E-state index contributed by atoms with van der Waals surface area (Å²) in [6.45, 7) is 9.25. The van der Waals surface area contributed by atoms with E-state index in [4.69, 9.17) is 16.6 Å². The third-order valence-electron chi connectivity index (χ3n) is 6.99. The van der Waals surface area contributed by atoms with Gasteiger partial charge >= 0.3 is 0 Å². The van der Waals surface area contributed by atoms with E-state index in [1.165, 1.54) is 11.8 Å². The Bertz CT molecular complexity index is 1390. The van der Waals surface area contributed by atoms with Gasteiger partial charge in [-0.05, 0) is 88.7 Å². The maximum absolute atomic E-state index is 13.6. The highest BCUT2D eigenvalue weighted by molar-refractivity contribution is 6.33. The Balaban J connectivity index is 1.39. The number of nitrogens with one attached hydrogen (secondary N) is 2. The van der Waals surface area contributed by atoms with E-state index in [1.54, 1.807) is 24.4 Å². The van der Waals surface area contributed by atoms with Crippen LogP contribution in [0.3, 0.4) is 0 Å². The molecule has 188 valence electrons. The third-order valence-corrected chi connectivity index (χ3v) is 7.30. The summed E-state index contributed by atoms with van der Waals surface area (Å²) in [6, 6.07) is 11.5. The van der Waals surface area contributed by atoms with Crippen molar-refractivity contribution in [1.29, 1.82) is 0 Å². The fourth-order valence-electron chi connectivity index (χ4n) is 4.91. The molecule has 0 aliphatic carbocycles. The highest BCUT2D eigenvalue weighted by Crippen LogP contribution is 2.36. The molecule has 4 heterocycles. The number of hydrogen-bond donors (Lipinski definition) is 2. The van der Waals surface area contributed by atoms with Crippen LogP contribution in [0.25, 0.3) is 22.3 Å². The van der Waals surface area contributed by atoms with Crippen LogP contribution in [0.1, 0.15) is 50.8 Å². The number of pyridine rings is 2. The molecule has 5 rings (SSSR count). The molecule has 1 aliphatic heterocycles. The van der Waals surface area contributed by atoms with Crippen molar-refractivity contribution in [2.24, 2.45) is 0 Å². The molecule has 0 amide bonds. The summed E-state index contributed by atoms with van der Waals surface area (Å²) in [4.78, 5) is 15.4. The molecule has 0 saturated carbocycles. The van der Waals surface area contributed by atoms with Gasteiger partial charge in [0.2, 0.25) is 0 Å². The first-order valence-electron chi connectivity index (χ1n) is 12.3. The summed E-state index contributed by atoms with van der Waals surface area (Å²) in [5.41, 5.74) is 4.36. The van der Waals surface area contributed by atoms with Crippen LogP contribution in [0.5, 0.6) is 0 Å². The van der Waals surface area contributed by atoms with E-state index < -0.39 is 11.6 Å². The number of likely N-dealkylation sites (tertiary alicyclic amines) is 1. The van der Waals surface area contributed by atoms with Gasteiger partial charge in [0.25, 0.3) is 0 Å². The topological polar surface area (TPSA) is 56.8 Å². The number of halogens is 3. The average molecular weight is 510 g/mol. The van der Waals surface area contributed by atoms with Crippen molar-refractivity contribution in [3.05, 3.63) is 76.6 Å². The van der Waals surface area contributed by atoms with Gasteiger partial charge in [-0.15, -0.1) is 0 Å². The molecular formula is C28H30ClF2N5. The predicted octanol–water partition coefficient (Wildman–Crippen LogP) is 7.15. The van der Waals surface area contributed by atoms with E-state index in [0.717, 1.165) is 48.6 Å². The number of piperidine rings is 1. The van der Waals surface area contributed by atoms with E-state index in [9.17, 15) is 8.78 Å². The van der Waals surface area contributed by atoms with Crippen molar-refractivity contribution in [1.82, 2.24) is 19.9 Å². The molecule has 0 spiro atoms. The molecule has 1 saturated heterocycles. The first kappa shape index (κ1) is 24.7. The van der Waals surface area contributed by atoms with Gasteiger partial charge in [0, 0.05) is 40.8 Å². The lowest BCUT2D eigenvalue weighted by atomic mass is 9.90. The van der Waals surface area contributed by atoms with E-state index in [0.29, 0.717) is 34.6 Å². The number of nitrogens with zero attached hydrogens (tertiary/aromatic N) is 3. The minimum absolute atomic E-state index is 0.187. The van der Waals surface area contributed by atoms with Crippen LogP contribution >= 0.6 is 11.6 Å². The Hall–Kier alpha value is -3.03. The summed E-state index contributed by atoms with van der Waals surface area (Å²) < 4.78 is 26.8. The molecule has 36 heavy (non-hydrogen) atoms. The van der Waals surface area contributed by atoms with Gasteiger partial charge in [-0.1, -0.05) is 17.7 Å². The van der Waals surface area contributed by atoms with Crippen LogP contribution in [0, 0.1) is 11.6 Å². The Morgan fingerprint density at radius 1 is 1.06 bits per heavy atom. The average Bonchev–Trinajstić information content (AvgIpc) is 3.30. The first-order valence-corrected chi connectivity index (χ1v) is 12.6. The molecule has 1 fully saturated rings. The maximum atomic E-state index is 13.6. The second kappa shape index (κ2) is 9.79. The standard InChI is InChI=1S/C28H30ClF2N5/c1-28(2,3)36-12-9-18(10-13-36)24-15-20-19(8-11-32-27(20)34-24)26-21(29)5-7-25(35-26)33-16-17-4-6-22(30)23(31)14-17/h4-8,11,14-15,18H,9-10,12-13,16H2,1-3H3,(H,32,34)(H,33,35). The molecule has 5 nitrogen and oxygen atoms in total. The molecule has 0 radical (unpaired) electrons. The zero-order valence-corrected chi connectivity index (χ0v) is 21.5. The summed E-state index contributed by atoms with van der Waals surface area (Å²) in [6.07, 6.45) is 3.96. The van der Waals surface area contributed by atoms with Crippen LogP contribution in [0.2, 0.25) is 5.02 Å². The quantitative estimate of drug-likeness (QED) is 0.300. The van der Waals surface area contributed by atoms with Crippen LogP contribution in [-0.2, 0) is 6.54 Å². The molecular weight excluding hydrogens is 480 g/mol. The molecule has 4 aromatic rings. The molecule has 2 N–H and O–H groups in total. The van der Waals surface area contributed by atoms with E-state index in [1.807, 2.05) is 6.07 Å². The smallest absolute Gasteiger partial charge is 0.159 e.